The monoisotopic (exact) mass is 393 g/mol. The molecule has 0 bridgehead atoms. The number of halogens is 4. The van der Waals surface area contributed by atoms with Gasteiger partial charge in [0.2, 0.25) is 5.91 Å². The summed E-state index contributed by atoms with van der Waals surface area (Å²) in [5.41, 5.74) is -0.680. The number of hydrogen-bond acceptors (Lipinski definition) is 2. The lowest BCUT2D eigenvalue weighted by Gasteiger charge is -2.09. The predicted octanol–water partition coefficient (Wildman–Crippen LogP) is 5.06. The minimum atomic E-state index is -4.77. The van der Waals surface area contributed by atoms with Gasteiger partial charge < -0.3 is 10.4 Å². The third-order valence-electron chi connectivity index (χ3n) is 4.25. The Labute approximate surface area is 157 Å². The van der Waals surface area contributed by atoms with Crippen LogP contribution in [0.25, 0.3) is 12.2 Å². The number of benzene rings is 2. The number of carboxylic acids is 1. The second kappa shape index (κ2) is 7.46. The summed E-state index contributed by atoms with van der Waals surface area (Å²) in [6.45, 7) is 0. The zero-order valence-electron chi connectivity index (χ0n) is 14.4. The Hall–Kier alpha value is -3.16. The number of amides is 1. The van der Waals surface area contributed by atoms with E-state index in [1.54, 1.807) is 6.07 Å². The molecule has 2 N–H and O–H groups in total. The van der Waals surface area contributed by atoms with Crippen molar-refractivity contribution in [3.63, 3.8) is 0 Å². The quantitative estimate of drug-likeness (QED) is 0.551. The van der Waals surface area contributed by atoms with Crippen LogP contribution >= 0.6 is 0 Å². The fourth-order valence-electron chi connectivity index (χ4n) is 2.59. The SMILES string of the molecule is O=C(O)c1cc(/C=C/c2ccc(C(F)(F)F)c(F)c2)ccc1NC(=O)C1CC1. The Morgan fingerprint density at radius 1 is 1.04 bits per heavy atom. The first kappa shape index (κ1) is 19.6. The van der Waals surface area contributed by atoms with E-state index in [2.05, 4.69) is 5.32 Å². The van der Waals surface area contributed by atoms with E-state index < -0.39 is 23.5 Å². The Bertz CT molecular complexity index is 962. The van der Waals surface area contributed by atoms with E-state index >= 15 is 0 Å². The molecule has 28 heavy (non-hydrogen) atoms. The van der Waals surface area contributed by atoms with Gasteiger partial charge in [-0.1, -0.05) is 24.3 Å². The third-order valence-corrected chi connectivity index (χ3v) is 4.25. The van der Waals surface area contributed by atoms with Crippen LogP contribution in [0, 0.1) is 11.7 Å². The maximum atomic E-state index is 13.6. The maximum Gasteiger partial charge on any atom is 0.419 e. The molecule has 146 valence electrons. The highest BCUT2D eigenvalue weighted by atomic mass is 19.4. The Balaban J connectivity index is 1.82. The molecule has 0 heterocycles. The summed E-state index contributed by atoms with van der Waals surface area (Å²) >= 11 is 0. The zero-order chi connectivity index (χ0) is 20.5. The summed E-state index contributed by atoms with van der Waals surface area (Å²) < 4.78 is 51.4. The molecule has 3 rings (SSSR count). The fourth-order valence-corrected chi connectivity index (χ4v) is 2.59. The number of carboxylic acid groups (broad SMARTS) is 1. The average Bonchev–Trinajstić information content (AvgIpc) is 3.44. The van der Waals surface area contributed by atoms with Crippen molar-refractivity contribution in [3.8, 4) is 0 Å². The number of hydrogen-bond donors (Lipinski definition) is 2. The van der Waals surface area contributed by atoms with Crippen LogP contribution in [0.3, 0.4) is 0 Å². The summed E-state index contributed by atoms with van der Waals surface area (Å²) in [6, 6.07) is 6.82. The zero-order valence-corrected chi connectivity index (χ0v) is 14.4. The Morgan fingerprint density at radius 2 is 1.64 bits per heavy atom. The van der Waals surface area contributed by atoms with Gasteiger partial charge >= 0.3 is 12.1 Å². The van der Waals surface area contributed by atoms with E-state index in [1.165, 1.54) is 24.3 Å². The molecular formula is C20H15F4NO3. The van der Waals surface area contributed by atoms with Crippen LogP contribution in [0.2, 0.25) is 0 Å². The van der Waals surface area contributed by atoms with Gasteiger partial charge in [-0.25, -0.2) is 9.18 Å². The van der Waals surface area contributed by atoms with Gasteiger partial charge in [0, 0.05) is 5.92 Å². The van der Waals surface area contributed by atoms with E-state index in [1.807, 2.05) is 0 Å². The molecule has 0 aliphatic heterocycles. The van der Waals surface area contributed by atoms with Crippen LogP contribution in [0.1, 0.15) is 39.9 Å². The minimum absolute atomic E-state index is 0.0872. The number of nitrogens with one attached hydrogen (secondary N) is 1. The number of aromatic carboxylic acids is 1. The van der Waals surface area contributed by atoms with Crippen molar-refractivity contribution in [2.75, 3.05) is 5.32 Å². The average molecular weight is 393 g/mol. The lowest BCUT2D eigenvalue weighted by Crippen LogP contribution is -2.16. The van der Waals surface area contributed by atoms with Crippen molar-refractivity contribution in [1.29, 1.82) is 0 Å². The van der Waals surface area contributed by atoms with E-state index in [4.69, 9.17) is 0 Å². The van der Waals surface area contributed by atoms with Crippen LogP contribution in [0.4, 0.5) is 23.2 Å². The van der Waals surface area contributed by atoms with Gasteiger partial charge in [0.15, 0.2) is 0 Å². The normalized spacial score (nSPS) is 14.3. The highest BCUT2D eigenvalue weighted by Crippen LogP contribution is 2.32. The molecule has 0 radical (unpaired) electrons. The molecule has 1 fully saturated rings. The molecular weight excluding hydrogens is 378 g/mol. The molecule has 2 aromatic carbocycles. The molecule has 0 spiro atoms. The third kappa shape index (κ3) is 4.57. The smallest absolute Gasteiger partial charge is 0.419 e. The summed E-state index contributed by atoms with van der Waals surface area (Å²) in [7, 11) is 0. The molecule has 0 atom stereocenters. The van der Waals surface area contributed by atoms with Gasteiger partial charge in [0.1, 0.15) is 5.82 Å². The highest BCUT2D eigenvalue weighted by molar-refractivity contribution is 6.02. The van der Waals surface area contributed by atoms with E-state index in [0.29, 0.717) is 11.6 Å². The number of carbonyl (C=O) groups is 2. The van der Waals surface area contributed by atoms with Gasteiger partial charge in [-0.15, -0.1) is 0 Å². The van der Waals surface area contributed by atoms with E-state index in [9.17, 15) is 32.3 Å². The fraction of sp³-hybridized carbons (Fsp3) is 0.200. The van der Waals surface area contributed by atoms with E-state index in [0.717, 1.165) is 25.0 Å². The summed E-state index contributed by atoms with van der Waals surface area (Å²) in [4.78, 5) is 23.3. The van der Waals surface area contributed by atoms with Gasteiger partial charge in [-0.05, 0) is 48.2 Å². The van der Waals surface area contributed by atoms with E-state index in [-0.39, 0.29) is 28.6 Å². The first-order valence-electron chi connectivity index (χ1n) is 8.38. The van der Waals surface area contributed by atoms with Crippen molar-refractivity contribution in [3.05, 3.63) is 64.5 Å². The predicted molar refractivity (Wildman–Crippen MR) is 95.1 cm³/mol. The molecule has 0 saturated heterocycles. The number of alkyl halides is 3. The van der Waals surface area contributed by atoms with Crippen molar-refractivity contribution in [2.45, 2.75) is 19.0 Å². The number of carbonyl (C=O) groups excluding carboxylic acids is 1. The van der Waals surface area contributed by atoms with Gasteiger partial charge in [0.05, 0.1) is 16.8 Å². The standard InChI is InChI=1S/C20H15F4NO3/c21-16-10-12(3-7-15(16)20(22,23)24)2-1-11-4-8-17(14(9-11)19(27)28)25-18(26)13-5-6-13/h1-4,7-10,13H,5-6H2,(H,25,26)(H,27,28)/b2-1+. The molecule has 1 aliphatic carbocycles. The van der Waals surface area contributed by atoms with Crippen LogP contribution in [0.15, 0.2) is 36.4 Å². The topological polar surface area (TPSA) is 66.4 Å². The van der Waals surface area contributed by atoms with Crippen molar-refractivity contribution >= 4 is 29.7 Å². The van der Waals surface area contributed by atoms with Gasteiger partial charge in [-0.2, -0.15) is 13.2 Å². The molecule has 1 aliphatic rings. The number of rotatable bonds is 5. The van der Waals surface area contributed by atoms with Crippen molar-refractivity contribution in [2.24, 2.45) is 5.92 Å². The maximum absolute atomic E-state index is 13.6. The van der Waals surface area contributed by atoms with Crippen molar-refractivity contribution < 1.29 is 32.3 Å². The van der Waals surface area contributed by atoms with Crippen LogP contribution < -0.4 is 5.32 Å². The van der Waals surface area contributed by atoms with Crippen molar-refractivity contribution in [1.82, 2.24) is 0 Å². The van der Waals surface area contributed by atoms with Gasteiger partial charge in [-0.3, -0.25) is 4.79 Å². The van der Waals surface area contributed by atoms with Gasteiger partial charge in [0.25, 0.3) is 0 Å². The Kier molecular flexibility index (Phi) is 5.22. The molecule has 8 heteroatoms. The minimum Gasteiger partial charge on any atom is -0.478 e. The second-order valence-corrected chi connectivity index (χ2v) is 6.44. The number of anilines is 1. The summed E-state index contributed by atoms with van der Waals surface area (Å²) in [5.74, 6) is -2.94. The summed E-state index contributed by atoms with van der Waals surface area (Å²) in [5, 5.41) is 11.9. The lowest BCUT2D eigenvalue weighted by molar-refractivity contribution is -0.140. The molecule has 0 unspecified atom stereocenters. The Morgan fingerprint density at radius 3 is 2.18 bits per heavy atom. The molecule has 1 amide bonds. The molecule has 4 nitrogen and oxygen atoms in total. The van der Waals surface area contributed by atoms with Crippen LogP contribution in [-0.2, 0) is 11.0 Å². The molecule has 1 saturated carbocycles. The molecule has 2 aromatic rings. The first-order chi connectivity index (χ1) is 13.1. The highest BCUT2D eigenvalue weighted by Gasteiger charge is 2.33. The first-order valence-corrected chi connectivity index (χ1v) is 8.38. The lowest BCUT2D eigenvalue weighted by atomic mass is 10.1. The molecule has 0 aromatic heterocycles. The summed E-state index contributed by atoms with van der Waals surface area (Å²) in [6.07, 6.45) is -0.408. The largest absolute Gasteiger partial charge is 0.478 e. The second-order valence-electron chi connectivity index (χ2n) is 6.44. The van der Waals surface area contributed by atoms with Crippen LogP contribution in [0.5, 0.6) is 0 Å². The van der Waals surface area contributed by atoms with Crippen LogP contribution in [-0.4, -0.2) is 17.0 Å².